The van der Waals surface area contributed by atoms with Crippen molar-refractivity contribution in [2.45, 2.75) is 4.90 Å². The zero-order valence-electron chi connectivity index (χ0n) is 13.6. The van der Waals surface area contributed by atoms with Crippen molar-refractivity contribution >= 4 is 21.7 Å². The Kier molecular flexibility index (Phi) is 4.22. The molecule has 2 aromatic carbocycles. The highest BCUT2D eigenvalue weighted by molar-refractivity contribution is 7.90. The van der Waals surface area contributed by atoms with Crippen LogP contribution < -0.4 is 9.47 Å². The van der Waals surface area contributed by atoms with Crippen molar-refractivity contribution in [2.75, 3.05) is 20.8 Å². The predicted octanol–water partition coefficient (Wildman–Crippen LogP) is 1.73. The number of nitrogens with zero attached hydrogens (tertiary/aromatic N) is 1. The Morgan fingerprint density at radius 2 is 1.72 bits per heavy atom. The van der Waals surface area contributed by atoms with Crippen molar-refractivity contribution in [1.82, 2.24) is 4.31 Å². The number of hydrogen-bond acceptors (Lipinski definition) is 6. The van der Waals surface area contributed by atoms with E-state index in [9.17, 15) is 18.0 Å². The molecule has 3 rings (SSSR count). The highest BCUT2D eigenvalue weighted by atomic mass is 32.2. The lowest BCUT2D eigenvalue weighted by molar-refractivity contribution is 0.0803. The number of fused-ring (bicyclic) bond motifs is 1. The van der Waals surface area contributed by atoms with Gasteiger partial charge in [0.1, 0.15) is 6.54 Å². The Hall–Kier alpha value is -2.87. The van der Waals surface area contributed by atoms with Gasteiger partial charge < -0.3 is 9.47 Å². The Labute approximate surface area is 144 Å². The fourth-order valence-electron chi connectivity index (χ4n) is 2.64. The number of benzene rings is 2. The second kappa shape index (κ2) is 6.21. The van der Waals surface area contributed by atoms with Crippen LogP contribution in [0.1, 0.15) is 20.7 Å². The van der Waals surface area contributed by atoms with Crippen LogP contribution in [0.5, 0.6) is 11.5 Å². The van der Waals surface area contributed by atoms with Crippen LogP contribution in [0.3, 0.4) is 0 Å². The molecule has 8 heteroatoms. The molecule has 0 N–H and O–H groups in total. The second-order valence-electron chi connectivity index (χ2n) is 5.31. The van der Waals surface area contributed by atoms with Gasteiger partial charge in [0.2, 0.25) is 0 Å². The minimum atomic E-state index is -4.11. The van der Waals surface area contributed by atoms with Crippen LogP contribution in [0.2, 0.25) is 0 Å². The molecule has 0 aliphatic carbocycles. The number of carbonyl (C=O) groups is 2. The smallest absolute Gasteiger partial charge is 0.268 e. The molecule has 0 bridgehead atoms. The van der Waals surface area contributed by atoms with Gasteiger partial charge in [-0.3, -0.25) is 9.59 Å². The molecule has 25 heavy (non-hydrogen) atoms. The third-order valence-corrected chi connectivity index (χ3v) is 5.69. The summed E-state index contributed by atoms with van der Waals surface area (Å²) >= 11 is 0. The number of amides is 1. The molecular weight excluding hydrogens is 346 g/mol. The van der Waals surface area contributed by atoms with Gasteiger partial charge in [0.15, 0.2) is 17.3 Å². The first-order chi connectivity index (χ1) is 11.9. The van der Waals surface area contributed by atoms with Gasteiger partial charge in [0.05, 0.1) is 19.1 Å². The van der Waals surface area contributed by atoms with Crippen molar-refractivity contribution < 1.29 is 27.5 Å². The van der Waals surface area contributed by atoms with Crippen molar-refractivity contribution in [1.29, 1.82) is 0 Å². The van der Waals surface area contributed by atoms with Crippen LogP contribution in [-0.4, -0.2) is 45.2 Å². The summed E-state index contributed by atoms with van der Waals surface area (Å²) in [6, 6.07) is 10.1. The first-order valence-electron chi connectivity index (χ1n) is 7.31. The third-order valence-electron chi connectivity index (χ3n) is 3.90. The fourth-order valence-corrected chi connectivity index (χ4v) is 4.19. The lowest BCUT2D eigenvalue weighted by atomic mass is 10.1. The quantitative estimate of drug-likeness (QED) is 0.827. The molecule has 0 radical (unpaired) electrons. The number of methoxy groups -OCH3 is 2. The highest BCUT2D eigenvalue weighted by Gasteiger charge is 2.39. The topological polar surface area (TPSA) is 90.0 Å². The third kappa shape index (κ3) is 2.74. The van der Waals surface area contributed by atoms with Crippen LogP contribution >= 0.6 is 0 Å². The Balaban J connectivity index is 2.05. The normalized spacial score (nSPS) is 15.4. The van der Waals surface area contributed by atoms with Crippen LogP contribution in [0.4, 0.5) is 0 Å². The van der Waals surface area contributed by atoms with E-state index in [1.807, 2.05) is 0 Å². The molecule has 0 unspecified atom stereocenters. The summed E-state index contributed by atoms with van der Waals surface area (Å²) in [4.78, 5) is 24.8. The molecule has 1 aliphatic heterocycles. The summed E-state index contributed by atoms with van der Waals surface area (Å²) in [6.45, 7) is -0.535. The summed E-state index contributed by atoms with van der Waals surface area (Å²) in [6.07, 6.45) is 0. The number of sulfonamides is 1. The van der Waals surface area contributed by atoms with Crippen molar-refractivity contribution in [3.8, 4) is 11.5 Å². The maximum Gasteiger partial charge on any atom is 0.268 e. The van der Waals surface area contributed by atoms with E-state index < -0.39 is 28.3 Å². The maximum atomic E-state index is 12.7. The zero-order valence-corrected chi connectivity index (χ0v) is 14.4. The first kappa shape index (κ1) is 17.0. The Morgan fingerprint density at radius 3 is 2.40 bits per heavy atom. The van der Waals surface area contributed by atoms with Crippen molar-refractivity contribution in [3.63, 3.8) is 0 Å². The fraction of sp³-hybridized carbons (Fsp3) is 0.176. The van der Waals surface area contributed by atoms with E-state index in [1.54, 1.807) is 6.07 Å². The van der Waals surface area contributed by atoms with Gasteiger partial charge in [0, 0.05) is 11.1 Å². The van der Waals surface area contributed by atoms with Gasteiger partial charge in [-0.2, -0.15) is 0 Å². The van der Waals surface area contributed by atoms with Gasteiger partial charge in [-0.1, -0.05) is 12.1 Å². The van der Waals surface area contributed by atoms with Crippen molar-refractivity contribution in [2.24, 2.45) is 0 Å². The van der Waals surface area contributed by atoms with E-state index in [1.165, 1.54) is 50.6 Å². The molecule has 0 saturated carbocycles. The van der Waals surface area contributed by atoms with Crippen LogP contribution in [0, 0.1) is 0 Å². The molecule has 2 aromatic rings. The molecule has 0 saturated heterocycles. The molecule has 0 atom stereocenters. The van der Waals surface area contributed by atoms with Crippen LogP contribution in [-0.2, 0) is 10.0 Å². The highest BCUT2D eigenvalue weighted by Crippen LogP contribution is 2.31. The van der Waals surface area contributed by atoms with Gasteiger partial charge >= 0.3 is 0 Å². The molecule has 0 spiro atoms. The molecule has 1 heterocycles. The predicted molar refractivity (Wildman–Crippen MR) is 88.5 cm³/mol. The lowest BCUT2D eigenvalue weighted by Crippen LogP contribution is -2.44. The van der Waals surface area contributed by atoms with E-state index in [0.29, 0.717) is 10.1 Å². The molecule has 130 valence electrons. The minimum Gasteiger partial charge on any atom is -0.493 e. The number of Topliss-reactive ketones (excluding diaryl/α,β-unsaturated/α-hetero) is 1. The van der Waals surface area contributed by atoms with E-state index in [0.717, 1.165) is 0 Å². The monoisotopic (exact) mass is 361 g/mol. The molecular formula is C17H15NO6S. The summed E-state index contributed by atoms with van der Waals surface area (Å²) in [5.41, 5.74) is 0.173. The standard InChI is InChI=1S/C17H15NO6S/c1-23-14-8-7-11(9-15(14)24-2)17(20)18-10-13(19)12-5-3-4-6-16(12)25(18,21)22/h3-9H,10H2,1-2H3. The average Bonchev–Trinajstić information content (AvgIpc) is 2.63. The van der Waals surface area contributed by atoms with Crippen molar-refractivity contribution in [3.05, 3.63) is 53.6 Å². The number of hydrogen-bond donors (Lipinski definition) is 0. The average molecular weight is 361 g/mol. The summed E-state index contributed by atoms with van der Waals surface area (Å²) in [5.74, 6) is -0.542. The summed E-state index contributed by atoms with van der Waals surface area (Å²) < 4.78 is 36.3. The Morgan fingerprint density at radius 1 is 1.04 bits per heavy atom. The largest absolute Gasteiger partial charge is 0.493 e. The Bertz CT molecular complexity index is 967. The van der Waals surface area contributed by atoms with Crippen LogP contribution in [0.25, 0.3) is 0 Å². The summed E-state index contributed by atoms with van der Waals surface area (Å²) in [5, 5.41) is 0. The van der Waals surface area contributed by atoms with E-state index in [4.69, 9.17) is 9.47 Å². The number of ketones is 1. The van der Waals surface area contributed by atoms with E-state index >= 15 is 0 Å². The second-order valence-corrected chi connectivity index (χ2v) is 7.14. The first-order valence-corrected chi connectivity index (χ1v) is 8.75. The molecule has 1 amide bonds. The van der Waals surface area contributed by atoms with Gasteiger partial charge in [0.25, 0.3) is 15.9 Å². The number of ether oxygens (including phenoxy) is 2. The van der Waals surface area contributed by atoms with Crippen LogP contribution in [0.15, 0.2) is 47.4 Å². The number of rotatable bonds is 3. The summed E-state index contributed by atoms with van der Waals surface area (Å²) in [7, 11) is -1.25. The van der Waals surface area contributed by atoms with Gasteiger partial charge in [-0.05, 0) is 30.3 Å². The molecule has 0 aromatic heterocycles. The lowest BCUT2D eigenvalue weighted by Gasteiger charge is -2.27. The van der Waals surface area contributed by atoms with E-state index in [-0.39, 0.29) is 21.8 Å². The van der Waals surface area contributed by atoms with E-state index in [2.05, 4.69) is 0 Å². The maximum absolute atomic E-state index is 12.7. The number of carbonyl (C=O) groups excluding carboxylic acids is 2. The SMILES string of the molecule is COc1ccc(C(=O)N2CC(=O)c3ccccc3S2(=O)=O)cc1OC. The van der Waals surface area contributed by atoms with Gasteiger partial charge in [-0.25, -0.2) is 12.7 Å². The molecule has 0 fully saturated rings. The zero-order chi connectivity index (χ0) is 18.2. The van der Waals surface area contributed by atoms with Gasteiger partial charge in [-0.15, -0.1) is 0 Å². The molecule has 7 nitrogen and oxygen atoms in total. The minimum absolute atomic E-state index is 0.0772. The molecule has 1 aliphatic rings.